The van der Waals surface area contributed by atoms with Gasteiger partial charge in [-0.3, -0.25) is 10.4 Å². The molecule has 0 aliphatic carbocycles. The lowest BCUT2D eigenvalue weighted by Crippen LogP contribution is -2.22. The molecule has 0 amide bonds. The quantitative estimate of drug-likeness (QED) is 0.477. The zero-order valence-electron chi connectivity index (χ0n) is 11.1. The molecule has 0 spiro atoms. The van der Waals surface area contributed by atoms with Crippen LogP contribution in [0, 0.1) is 10.8 Å². The van der Waals surface area contributed by atoms with Crippen LogP contribution in [0.4, 0.5) is 0 Å². The van der Waals surface area contributed by atoms with E-state index in [-0.39, 0.29) is 17.7 Å². The molecule has 0 aliphatic rings. The summed E-state index contributed by atoms with van der Waals surface area (Å²) in [7, 11) is -3.72. The van der Waals surface area contributed by atoms with Crippen molar-refractivity contribution in [1.29, 1.82) is 10.8 Å². The number of sulfone groups is 1. The maximum absolute atomic E-state index is 11.6. The number of nitrogens with one attached hydrogen (secondary N) is 2. The van der Waals surface area contributed by atoms with E-state index >= 15 is 0 Å². The molecular formula is C12H15N3O4S. The van der Waals surface area contributed by atoms with Gasteiger partial charge < -0.3 is 10.1 Å². The number of pyridine rings is 1. The van der Waals surface area contributed by atoms with Gasteiger partial charge in [-0.25, -0.2) is 13.2 Å². The summed E-state index contributed by atoms with van der Waals surface area (Å²) in [5, 5.41) is 14.3. The SMILES string of the molecule is CCOC(=O)c1cncc(C(C=N)C(=N)S(C)(=O)=O)c1. The van der Waals surface area contributed by atoms with Crippen LogP contribution in [0.1, 0.15) is 28.8 Å². The Balaban J connectivity index is 3.18. The molecule has 8 heteroatoms. The molecule has 0 saturated heterocycles. The van der Waals surface area contributed by atoms with E-state index in [0.717, 1.165) is 12.5 Å². The number of esters is 1. The summed E-state index contributed by atoms with van der Waals surface area (Å²) in [6.07, 6.45) is 4.33. The van der Waals surface area contributed by atoms with E-state index in [0.29, 0.717) is 0 Å². The third-order valence-corrected chi connectivity index (χ3v) is 3.53. The van der Waals surface area contributed by atoms with Gasteiger partial charge >= 0.3 is 5.97 Å². The van der Waals surface area contributed by atoms with Crippen LogP contribution in [0.15, 0.2) is 18.5 Å². The van der Waals surface area contributed by atoms with Crippen molar-refractivity contribution >= 4 is 27.1 Å². The Morgan fingerprint density at radius 2 is 2.15 bits per heavy atom. The second-order valence-corrected chi connectivity index (χ2v) is 5.99. The van der Waals surface area contributed by atoms with Crippen LogP contribution in [0.25, 0.3) is 0 Å². The van der Waals surface area contributed by atoms with E-state index in [2.05, 4.69) is 4.98 Å². The first-order chi connectivity index (χ1) is 9.31. The van der Waals surface area contributed by atoms with Crippen LogP contribution in [0.3, 0.4) is 0 Å². The smallest absolute Gasteiger partial charge is 0.339 e. The average Bonchev–Trinajstić information content (AvgIpc) is 2.39. The van der Waals surface area contributed by atoms with E-state index in [4.69, 9.17) is 15.6 Å². The van der Waals surface area contributed by atoms with Gasteiger partial charge in [0, 0.05) is 24.9 Å². The van der Waals surface area contributed by atoms with E-state index in [9.17, 15) is 13.2 Å². The van der Waals surface area contributed by atoms with Crippen molar-refractivity contribution in [3.8, 4) is 0 Å². The number of ether oxygens (including phenoxy) is 1. The Morgan fingerprint density at radius 3 is 2.65 bits per heavy atom. The lowest BCUT2D eigenvalue weighted by Gasteiger charge is -2.12. The highest BCUT2D eigenvalue weighted by Gasteiger charge is 2.24. The monoisotopic (exact) mass is 297 g/mol. The number of carbonyl (C=O) groups excluding carboxylic acids is 1. The maximum Gasteiger partial charge on any atom is 0.339 e. The number of nitrogens with zero attached hydrogens (tertiary/aromatic N) is 1. The fraction of sp³-hybridized carbons (Fsp3) is 0.333. The number of carbonyl (C=O) groups is 1. The topological polar surface area (TPSA) is 121 Å². The average molecular weight is 297 g/mol. The Hall–Kier alpha value is -2.09. The van der Waals surface area contributed by atoms with Gasteiger partial charge in [0.1, 0.15) is 5.04 Å². The molecular weight excluding hydrogens is 282 g/mol. The first kappa shape index (κ1) is 16.0. The molecule has 108 valence electrons. The lowest BCUT2D eigenvalue weighted by atomic mass is 10.0. The Kier molecular flexibility index (Phi) is 5.09. The van der Waals surface area contributed by atoms with E-state index in [1.165, 1.54) is 18.5 Å². The Morgan fingerprint density at radius 1 is 1.50 bits per heavy atom. The zero-order chi connectivity index (χ0) is 15.3. The highest BCUT2D eigenvalue weighted by molar-refractivity contribution is 8.05. The summed E-state index contributed by atoms with van der Waals surface area (Å²) in [6, 6.07) is 1.38. The molecule has 0 fully saturated rings. The normalized spacial score (nSPS) is 12.5. The zero-order valence-corrected chi connectivity index (χ0v) is 11.9. The van der Waals surface area contributed by atoms with Crippen molar-refractivity contribution in [2.24, 2.45) is 0 Å². The predicted octanol–water partition coefficient (Wildman–Crippen LogP) is 1.01. The van der Waals surface area contributed by atoms with E-state index < -0.39 is 26.8 Å². The highest BCUT2D eigenvalue weighted by atomic mass is 32.2. The Labute approximate surface area is 116 Å². The molecule has 1 atom stereocenters. The summed E-state index contributed by atoms with van der Waals surface area (Å²) in [6.45, 7) is 1.87. The standard InChI is InChI=1S/C12H15N3O4S/c1-3-19-12(16)9-4-8(6-15-7-9)10(5-13)11(14)20(2,17)18/h4-7,10,13-14H,3H2,1-2H3. The fourth-order valence-corrected chi connectivity index (χ4v) is 2.17. The summed E-state index contributed by atoms with van der Waals surface area (Å²) in [5.74, 6) is -1.65. The van der Waals surface area contributed by atoms with E-state index in [1.807, 2.05) is 0 Å². The third-order valence-electron chi connectivity index (χ3n) is 2.48. The van der Waals surface area contributed by atoms with Crippen LogP contribution < -0.4 is 0 Å². The van der Waals surface area contributed by atoms with Crippen molar-refractivity contribution in [3.63, 3.8) is 0 Å². The summed E-state index contributed by atoms with van der Waals surface area (Å²) >= 11 is 0. The molecule has 0 aliphatic heterocycles. The van der Waals surface area contributed by atoms with Gasteiger partial charge in [-0.15, -0.1) is 0 Å². The molecule has 0 radical (unpaired) electrons. The minimum absolute atomic E-state index is 0.150. The number of rotatable bonds is 5. The van der Waals surface area contributed by atoms with Crippen LogP contribution in [-0.4, -0.2) is 43.5 Å². The highest BCUT2D eigenvalue weighted by Crippen LogP contribution is 2.18. The second-order valence-electron chi connectivity index (χ2n) is 4.01. The second kappa shape index (κ2) is 6.38. The molecule has 7 nitrogen and oxygen atoms in total. The predicted molar refractivity (Wildman–Crippen MR) is 74.3 cm³/mol. The molecule has 1 aromatic rings. The first-order valence-electron chi connectivity index (χ1n) is 5.72. The number of aromatic nitrogens is 1. The van der Waals surface area contributed by atoms with Crippen LogP contribution in [0.2, 0.25) is 0 Å². The maximum atomic E-state index is 11.6. The Bertz CT molecular complexity index is 640. The lowest BCUT2D eigenvalue weighted by molar-refractivity contribution is 0.0525. The van der Waals surface area contributed by atoms with Crippen molar-refractivity contribution in [2.45, 2.75) is 12.8 Å². The van der Waals surface area contributed by atoms with Gasteiger partial charge in [0.2, 0.25) is 0 Å². The minimum Gasteiger partial charge on any atom is -0.462 e. The minimum atomic E-state index is -3.72. The van der Waals surface area contributed by atoms with Crippen molar-refractivity contribution in [3.05, 3.63) is 29.6 Å². The number of hydrogen-bond donors (Lipinski definition) is 2. The molecule has 0 bridgehead atoms. The molecule has 20 heavy (non-hydrogen) atoms. The summed E-state index contributed by atoms with van der Waals surface area (Å²) < 4.78 is 27.6. The molecule has 0 aromatic carbocycles. The van der Waals surface area contributed by atoms with Gasteiger partial charge in [-0.05, 0) is 18.6 Å². The van der Waals surface area contributed by atoms with Crippen molar-refractivity contribution < 1.29 is 17.9 Å². The summed E-state index contributed by atoms with van der Waals surface area (Å²) in [5.41, 5.74) is 0.429. The van der Waals surface area contributed by atoms with Gasteiger partial charge in [-0.1, -0.05) is 0 Å². The largest absolute Gasteiger partial charge is 0.462 e. The van der Waals surface area contributed by atoms with Gasteiger partial charge in [0.15, 0.2) is 9.84 Å². The molecule has 0 saturated carbocycles. The molecule has 1 heterocycles. The molecule has 1 aromatic heterocycles. The number of hydrogen-bond acceptors (Lipinski definition) is 7. The van der Waals surface area contributed by atoms with Crippen LogP contribution >= 0.6 is 0 Å². The first-order valence-corrected chi connectivity index (χ1v) is 7.61. The van der Waals surface area contributed by atoms with Crippen LogP contribution in [0.5, 0.6) is 0 Å². The van der Waals surface area contributed by atoms with Crippen molar-refractivity contribution in [2.75, 3.05) is 12.9 Å². The van der Waals surface area contributed by atoms with Gasteiger partial charge in [-0.2, -0.15) is 0 Å². The molecule has 1 unspecified atom stereocenters. The van der Waals surface area contributed by atoms with E-state index in [1.54, 1.807) is 6.92 Å². The van der Waals surface area contributed by atoms with Crippen LogP contribution in [-0.2, 0) is 14.6 Å². The van der Waals surface area contributed by atoms with Gasteiger partial charge in [0.05, 0.1) is 18.1 Å². The molecule has 2 N–H and O–H groups in total. The molecule has 1 rings (SSSR count). The fourth-order valence-electron chi connectivity index (χ4n) is 1.51. The van der Waals surface area contributed by atoms with Gasteiger partial charge in [0.25, 0.3) is 0 Å². The summed E-state index contributed by atoms with van der Waals surface area (Å²) in [4.78, 5) is 15.4. The van der Waals surface area contributed by atoms with Crippen molar-refractivity contribution in [1.82, 2.24) is 4.98 Å². The third kappa shape index (κ3) is 3.70.